The number of amides is 3. The van der Waals surface area contributed by atoms with Crippen molar-refractivity contribution in [2.24, 2.45) is 0 Å². The van der Waals surface area contributed by atoms with Crippen molar-refractivity contribution in [2.75, 3.05) is 5.75 Å². The largest absolute Gasteiger partial charge is 0.460 e. The summed E-state index contributed by atoms with van der Waals surface area (Å²) >= 11 is 1.76. The molecule has 1 aliphatic heterocycles. The monoisotopic (exact) mass is 662 g/mol. The SMILES string of the molecule is CC(C)(C)OC(=O)CC[C@H](NC(=O)CCCCCCCCCSc1ccc(C(=O)OC(C)(C)C)cc1)C(=O)ON1C(=O)CCC1=O. The molecule has 3 amide bonds. The van der Waals surface area contributed by atoms with Crippen LogP contribution in [0.3, 0.4) is 0 Å². The lowest BCUT2D eigenvalue weighted by molar-refractivity contribution is -0.199. The first-order chi connectivity index (χ1) is 21.5. The van der Waals surface area contributed by atoms with Crippen LogP contribution < -0.4 is 5.32 Å². The zero-order valence-electron chi connectivity index (χ0n) is 28.1. The summed E-state index contributed by atoms with van der Waals surface area (Å²) in [6.07, 6.45) is 6.66. The predicted octanol–water partition coefficient (Wildman–Crippen LogP) is 6.07. The number of hydrogen-bond donors (Lipinski definition) is 1. The Labute approximate surface area is 276 Å². The summed E-state index contributed by atoms with van der Waals surface area (Å²) < 4.78 is 10.7. The van der Waals surface area contributed by atoms with Crippen molar-refractivity contribution in [1.29, 1.82) is 0 Å². The number of thioether (sulfide) groups is 1. The van der Waals surface area contributed by atoms with Crippen molar-refractivity contribution in [3.8, 4) is 0 Å². The number of esters is 2. The molecule has 1 fully saturated rings. The smallest absolute Gasteiger partial charge is 0.355 e. The predicted molar refractivity (Wildman–Crippen MR) is 173 cm³/mol. The third-order valence-electron chi connectivity index (χ3n) is 6.67. The van der Waals surface area contributed by atoms with Gasteiger partial charge < -0.3 is 19.6 Å². The van der Waals surface area contributed by atoms with Crippen molar-refractivity contribution in [3.63, 3.8) is 0 Å². The van der Waals surface area contributed by atoms with Crippen LogP contribution in [0.2, 0.25) is 0 Å². The van der Waals surface area contributed by atoms with E-state index < -0.39 is 41.0 Å². The second kappa shape index (κ2) is 18.7. The lowest BCUT2D eigenvalue weighted by Crippen LogP contribution is -2.45. The van der Waals surface area contributed by atoms with Crippen LogP contribution in [0.4, 0.5) is 0 Å². The van der Waals surface area contributed by atoms with Crippen LogP contribution in [0, 0.1) is 0 Å². The van der Waals surface area contributed by atoms with Crippen LogP contribution in [-0.4, -0.2) is 63.7 Å². The lowest BCUT2D eigenvalue weighted by atomic mass is 10.1. The first kappa shape index (κ1) is 38.8. The molecule has 256 valence electrons. The van der Waals surface area contributed by atoms with E-state index >= 15 is 0 Å². The summed E-state index contributed by atoms with van der Waals surface area (Å²) in [6, 6.07) is 6.28. The highest BCUT2D eigenvalue weighted by molar-refractivity contribution is 7.99. The van der Waals surface area contributed by atoms with Crippen LogP contribution in [0.25, 0.3) is 0 Å². The van der Waals surface area contributed by atoms with Crippen LogP contribution in [0.5, 0.6) is 0 Å². The van der Waals surface area contributed by atoms with Gasteiger partial charge in [0.1, 0.15) is 17.2 Å². The minimum Gasteiger partial charge on any atom is -0.460 e. The number of hydroxylamine groups is 2. The Kier molecular flexibility index (Phi) is 15.7. The molecule has 1 atom stereocenters. The number of benzene rings is 1. The standard InChI is InChI=1S/C34H50N2O9S/c1-33(2,3)43-30(40)22-19-26(32(42)45-36-28(38)20-21-29(36)39)35-27(37)14-12-10-8-7-9-11-13-23-46-25-17-15-24(16-18-25)31(41)44-34(4,5)6/h15-18,26H,7-14,19-23H2,1-6H3,(H,35,37)/t26-/m0/s1. The molecule has 0 aromatic heterocycles. The van der Waals surface area contributed by atoms with Gasteiger partial charge in [-0.25, -0.2) is 9.59 Å². The van der Waals surface area contributed by atoms with Crippen molar-refractivity contribution in [1.82, 2.24) is 10.4 Å². The van der Waals surface area contributed by atoms with Gasteiger partial charge in [-0.2, -0.15) is 0 Å². The second-order valence-corrected chi connectivity index (χ2v) is 14.5. The summed E-state index contributed by atoms with van der Waals surface area (Å²) in [7, 11) is 0. The molecule has 1 aliphatic rings. The maximum atomic E-state index is 12.8. The average Bonchev–Trinajstić information content (AvgIpc) is 3.26. The molecule has 1 N–H and O–H groups in total. The average molecular weight is 663 g/mol. The van der Waals surface area contributed by atoms with Gasteiger partial charge in [-0.15, -0.1) is 16.8 Å². The van der Waals surface area contributed by atoms with E-state index in [-0.39, 0.29) is 44.0 Å². The van der Waals surface area contributed by atoms with Crippen LogP contribution in [0.15, 0.2) is 29.2 Å². The molecule has 0 radical (unpaired) electrons. The Hall–Kier alpha value is -3.41. The number of ether oxygens (including phenoxy) is 2. The number of hydrogen-bond acceptors (Lipinski definition) is 10. The Morgan fingerprint density at radius 3 is 1.89 bits per heavy atom. The van der Waals surface area contributed by atoms with Gasteiger partial charge in [0.25, 0.3) is 11.8 Å². The number of carbonyl (C=O) groups excluding carboxylic acids is 6. The zero-order chi connectivity index (χ0) is 34.3. The topological polar surface area (TPSA) is 145 Å². The molecule has 1 aromatic rings. The molecule has 0 aliphatic carbocycles. The van der Waals surface area contributed by atoms with Crippen molar-refractivity contribution >= 4 is 47.4 Å². The number of rotatable bonds is 18. The van der Waals surface area contributed by atoms with Gasteiger partial charge in [0.05, 0.1) is 5.56 Å². The normalized spacial score (nSPS) is 14.2. The molecular weight excluding hydrogens is 612 g/mol. The van der Waals surface area contributed by atoms with Gasteiger partial charge >= 0.3 is 17.9 Å². The maximum absolute atomic E-state index is 12.8. The minimum absolute atomic E-state index is 0.0485. The summed E-state index contributed by atoms with van der Waals surface area (Å²) in [5, 5.41) is 3.03. The van der Waals surface area contributed by atoms with Crippen LogP contribution in [0.1, 0.15) is 129 Å². The molecule has 0 bridgehead atoms. The highest BCUT2D eigenvalue weighted by atomic mass is 32.2. The van der Waals surface area contributed by atoms with Gasteiger partial charge in [0.2, 0.25) is 5.91 Å². The fourth-order valence-corrected chi connectivity index (χ4v) is 5.38. The van der Waals surface area contributed by atoms with E-state index in [1.807, 2.05) is 32.9 Å². The fraction of sp³-hybridized carbons (Fsp3) is 0.647. The minimum atomic E-state index is -1.21. The molecule has 1 saturated heterocycles. The zero-order valence-corrected chi connectivity index (χ0v) is 28.9. The Morgan fingerprint density at radius 1 is 0.783 bits per heavy atom. The first-order valence-electron chi connectivity index (χ1n) is 16.1. The fourth-order valence-electron chi connectivity index (χ4n) is 4.47. The number of nitrogens with one attached hydrogen (secondary N) is 1. The Bertz CT molecular complexity index is 1190. The van der Waals surface area contributed by atoms with Gasteiger partial charge in [-0.3, -0.25) is 19.2 Å². The Morgan fingerprint density at radius 2 is 1.33 bits per heavy atom. The van der Waals surface area contributed by atoms with Crippen LogP contribution in [-0.2, 0) is 38.3 Å². The molecule has 1 heterocycles. The van der Waals surface area contributed by atoms with E-state index in [0.29, 0.717) is 17.0 Å². The molecule has 0 unspecified atom stereocenters. The van der Waals surface area contributed by atoms with E-state index in [2.05, 4.69) is 5.32 Å². The molecule has 46 heavy (non-hydrogen) atoms. The van der Waals surface area contributed by atoms with Gasteiger partial charge in [-0.05, 0) is 90.8 Å². The maximum Gasteiger partial charge on any atom is 0.355 e. The summed E-state index contributed by atoms with van der Waals surface area (Å²) in [5.74, 6) is -2.47. The van der Waals surface area contributed by atoms with Crippen molar-refractivity contribution in [2.45, 2.75) is 141 Å². The second-order valence-electron chi connectivity index (χ2n) is 13.3. The lowest BCUT2D eigenvalue weighted by Gasteiger charge is -2.22. The molecule has 1 aromatic carbocycles. The third-order valence-corrected chi connectivity index (χ3v) is 7.77. The summed E-state index contributed by atoms with van der Waals surface area (Å²) in [5.41, 5.74) is -0.680. The van der Waals surface area contributed by atoms with Crippen molar-refractivity contribution in [3.05, 3.63) is 29.8 Å². The number of imide groups is 1. The summed E-state index contributed by atoms with van der Waals surface area (Å²) in [6.45, 7) is 10.7. The number of nitrogens with zero attached hydrogens (tertiary/aromatic N) is 1. The van der Waals surface area contributed by atoms with E-state index in [9.17, 15) is 28.8 Å². The number of unbranched alkanes of at least 4 members (excludes halogenated alkanes) is 6. The number of carbonyl (C=O) groups is 6. The molecule has 0 saturated carbocycles. The van der Waals surface area contributed by atoms with E-state index in [1.165, 1.54) is 0 Å². The van der Waals surface area contributed by atoms with E-state index in [4.69, 9.17) is 14.3 Å². The van der Waals surface area contributed by atoms with Gasteiger partial charge in [0, 0.05) is 30.6 Å². The van der Waals surface area contributed by atoms with Crippen molar-refractivity contribution < 1.29 is 43.1 Å². The molecule has 12 heteroatoms. The highest BCUT2D eigenvalue weighted by Crippen LogP contribution is 2.22. The highest BCUT2D eigenvalue weighted by Gasteiger charge is 2.35. The molecule has 11 nitrogen and oxygen atoms in total. The molecule has 2 rings (SSSR count). The van der Waals surface area contributed by atoms with Gasteiger partial charge in [-0.1, -0.05) is 32.1 Å². The molecular formula is C34H50N2O9S. The van der Waals surface area contributed by atoms with Gasteiger partial charge in [0.15, 0.2) is 0 Å². The van der Waals surface area contributed by atoms with Crippen LogP contribution >= 0.6 is 11.8 Å². The van der Waals surface area contributed by atoms with E-state index in [1.54, 1.807) is 44.7 Å². The summed E-state index contributed by atoms with van der Waals surface area (Å²) in [4.78, 5) is 79.5. The Balaban J connectivity index is 1.64. The first-order valence-corrected chi connectivity index (χ1v) is 17.1. The quantitative estimate of drug-likeness (QED) is 0.0851. The third kappa shape index (κ3) is 15.7. The molecule has 0 spiro atoms. The van der Waals surface area contributed by atoms with E-state index in [0.717, 1.165) is 49.2 Å².